The van der Waals surface area contributed by atoms with Crippen LogP contribution >= 0.6 is 11.6 Å². The van der Waals surface area contributed by atoms with E-state index in [0.29, 0.717) is 29.6 Å². The van der Waals surface area contributed by atoms with Gasteiger partial charge in [0, 0.05) is 32.3 Å². The fraction of sp³-hybridized carbons (Fsp3) is 0.208. The minimum absolute atomic E-state index is 0.119. The van der Waals surface area contributed by atoms with Gasteiger partial charge in [-0.25, -0.2) is 8.42 Å². The van der Waals surface area contributed by atoms with Gasteiger partial charge >= 0.3 is 0 Å². The molecule has 0 radical (unpaired) electrons. The Morgan fingerprint density at radius 1 is 0.939 bits per heavy atom. The Hall–Kier alpha value is -3.07. The maximum absolute atomic E-state index is 13.1. The number of hydrogen-bond acceptors (Lipinski definition) is 5. The first-order valence-electron chi connectivity index (χ1n) is 10.5. The Balaban J connectivity index is 1.24. The molecule has 0 aliphatic carbocycles. The molecule has 0 unspecified atom stereocenters. The van der Waals surface area contributed by atoms with Gasteiger partial charge in [-0.1, -0.05) is 41.9 Å². The van der Waals surface area contributed by atoms with Gasteiger partial charge in [0.15, 0.2) is 11.5 Å². The van der Waals surface area contributed by atoms with Crippen molar-refractivity contribution in [2.75, 3.05) is 33.0 Å². The van der Waals surface area contributed by atoms with E-state index in [1.54, 1.807) is 35.2 Å². The molecule has 33 heavy (non-hydrogen) atoms. The van der Waals surface area contributed by atoms with E-state index in [0.717, 1.165) is 16.3 Å². The Morgan fingerprint density at radius 3 is 2.48 bits per heavy atom. The van der Waals surface area contributed by atoms with E-state index >= 15 is 0 Å². The van der Waals surface area contributed by atoms with Crippen molar-refractivity contribution >= 4 is 44.4 Å². The normalized spacial score (nSPS) is 16.6. The van der Waals surface area contributed by atoms with Crippen LogP contribution in [0.3, 0.4) is 0 Å². The summed E-state index contributed by atoms with van der Waals surface area (Å²) in [5, 5.41) is 2.29. The zero-order valence-electron chi connectivity index (χ0n) is 17.6. The number of carbonyl (C=O) groups is 1. The highest BCUT2D eigenvalue weighted by atomic mass is 35.5. The Bertz CT molecular complexity index is 1360. The molecular formula is C24H21ClN2O5S. The van der Waals surface area contributed by atoms with Gasteiger partial charge in [-0.2, -0.15) is 4.31 Å². The lowest BCUT2D eigenvalue weighted by Gasteiger charge is -2.33. The summed E-state index contributed by atoms with van der Waals surface area (Å²) in [6.07, 6.45) is 3.12. The molecule has 0 bridgehead atoms. The smallest absolute Gasteiger partial charge is 0.246 e. The topological polar surface area (TPSA) is 76.2 Å². The number of halogens is 1. The molecule has 1 saturated heterocycles. The first kappa shape index (κ1) is 21.8. The predicted octanol–water partition coefficient (Wildman–Crippen LogP) is 3.77. The van der Waals surface area contributed by atoms with E-state index in [-0.39, 0.29) is 30.7 Å². The lowest BCUT2D eigenvalue weighted by Crippen LogP contribution is -2.50. The summed E-state index contributed by atoms with van der Waals surface area (Å²) in [6.45, 7) is 1.23. The van der Waals surface area contributed by atoms with Crippen molar-refractivity contribution in [3.63, 3.8) is 0 Å². The lowest BCUT2D eigenvalue weighted by atomic mass is 10.1. The number of benzene rings is 3. The van der Waals surface area contributed by atoms with Gasteiger partial charge in [-0.3, -0.25) is 4.79 Å². The largest absolute Gasteiger partial charge is 0.454 e. The Morgan fingerprint density at radius 2 is 1.70 bits per heavy atom. The van der Waals surface area contributed by atoms with Gasteiger partial charge in [0.25, 0.3) is 0 Å². The van der Waals surface area contributed by atoms with E-state index in [4.69, 9.17) is 21.1 Å². The predicted molar refractivity (Wildman–Crippen MR) is 126 cm³/mol. The van der Waals surface area contributed by atoms with Crippen LogP contribution in [0.4, 0.5) is 0 Å². The van der Waals surface area contributed by atoms with Gasteiger partial charge in [0.2, 0.25) is 22.7 Å². The molecule has 3 aromatic carbocycles. The van der Waals surface area contributed by atoms with Crippen molar-refractivity contribution in [2.24, 2.45) is 0 Å². The van der Waals surface area contributed by atoms with Crippen molar-refractivity contribution in [1.82, 2.24) is 9.21 Å². The van der Waals surface area contributed by atoms with Crippen molar-refractivity contribution in [2.45, 2.75) is 4.90 Å². The molecule has 0 saturated carbocycles. The Labute approximate surface area is 196 Å². The number of sulfonamides is 1. The third-order valence-corrected chi connectivity index (χ3v) is 7.95. The average Bonchev–Trinajstić information content (AvgIpc) is 3.32. The Kier molecular flexibility index (Phi) is 5.74. The molecule has 2 aliphatic heterocycles. The van der Waals surface area contributed by atoms with Gasteiger partial charge in [-0.15, -0.1) is 0 Å². The van der Waals surface area contributed by atoms with Crippen LogP contribution in [0.15, 0.2) is 65.6 Å². The van der Waals surface area contributed by atoms with Crippen molar-refractivity contribution in [1.29, 1.82) is 0 Å². The second kappa shape index (κ2) is 8.70. The van der Waals surface area contributed by atoms with Crippen molar-refractivity contribution in [3.8, 4) is 11.5 Å². The van der Waals surface area contributed by atoms with Crippen LogP contribution < -0.4 is 9.47 Å². The van der Waals surface area contributed by atoms with Crippen LogP contribution in [0.2, 0.25) is 5.02 Å². The highest BCUT2D eigenvalue weighted by Crippen LogP contribution is 2.40. The number of piperazine rings is 1. The molecule has 9 heteroatoms. The van der Waals surface area contributed by atoms with Crippen LogP contribution in [0.25, 0.3) is 16.8 Å². The second-order valence-corrected chi connectivity index (χ2v) is 10.2. The molecule has 0 N–H and O–H groups in total. The number of fused-ring (bicyclic) bond motifs is 2. The number of nitrogens with zero attached hydrogens (tertiary/aromatic N) is 2. The molecule has 3 aromatic rings. The van der Waals surface area contributed by atoms with Crippen LogP contribution in [0, 0.1) is 0 Å². The molecule has 2 aliphatic rings. The molecule has 5 rings (SSSR count). The first-order valence-corrected chi connectivity index (χ1v) is 12.3. The standard InChI is InChI=1S/C24H21ClN2O5S/c25-21-13-17(14-22-24(21)32-16-31-22)5-8-23(28)26-9-11-27(12-10-26)33(29,30)20-7-6-18-3-1-2-4-19(18)15-20/h1-8,13-15H,9-12,16H2/b8-5+. The number of rotatable bonds is 4. The molecule has 0 atom stereocenters. The third-order valence-electron chi connectivity index (χ3n) is 5.78. The summed E-state index contributed by atoms with van der Waals surface area (Å²) in [5.74, 6) is 0.859. The summed E-state index contributed by atoms with van der Waals surface area (Å²) in [4.78, 5) is 14.5. The second-order valence-electron chi connectivity index (χ2n) is 7.81. The summed E-state index contributed by atoms with van der Waals surface area (Å²) < 4.78 is 38.3. The van der Waals surface area contributed by atoms with Crippen molar-refractivity contribution < 1.29 is 22.7 Å². The average molecular weight is 485 g/mol. The minimum atomic E-state index is -3.63. The molecule has 1 fully saturated rings. The monoisotopic (exact) mass is 484 g/mol. The summed E-state index contributed by atoms with van der Waals surface area (Å²) in [6, 6.07) is 16.2. The molecule has 170 valence electrons. The molecule has 0 spiro atoms. The molecule has 1 amide bonds. The van der Waals surface area contributed by atoms with Gasteiger partial charge in [-0.05, 0) is 46.7 Å². The summed E-state index contributed by atoms with van der Waals surface area (Å²) >= 11 is 6.18. The molecule has 0 aromatic heterocycles. The summed E-state index contributed by atoms with van der Waals surface area (Å²) in [7, 11) is -3.63. The number of ether oxygens (including phenoxy) is 2. The SMILES string of the molecule is O=C(/C=C/c1cc(Cl)c2c(c1)OCO2)N1CCN(S(=O)(=O)c2ccc3ccccc3c2)CC1. The molecule has 2 heterocycles. The first-order chi connectivity index (χ1) is 15.9. The van der Waals surface area contributed by atoms with Crippen LogP contribution in [-0.4, -0.2) is 56.5 Å². The van der Waals surface area contributed by atoms with E-state index in [2.05, 4.69) is 0 Å². The zero-order valence-corrected chi connectivity index (χ0v) is 19.2. The van der Waals surface area contributed by atoms with Gasteiger partial charge in [0.1, 0.15) is 0 Å². The van der Waals surface area contributed by atoms with Gasteiger partial charge < -0.3 is 14.4 Å². The third kappa shape index (κ3) is 4.29. The van der Waals surface area contributed by atoms with E-state index in [1.807, 2.05) is 30.3 Å². The van der Waals surface area contributed by atoms with E-state index in [1.165, 1.54) is 10.4 Å². The number of hydrogen-bond donors (Lipinski definition) is 0. The van der Waals surface area contributed by atoms with Crippen LogP contribution in [-0.2, 0) is 14.8 Å². The number of amides is 1. The maximum Gasteiger partial charge on any atom is 0.246 e. The maximum atomic E-state index is 13.1. The van der Waals surface area contributed by atoms with E-state index < -0.39 is 10.0 Å². The minimum Gasteiger partial charge on any atom is -0.454 e. The quantitative estimate of drug-likeness (QED) is 0.527. The van der Waals surface area contributed by atoms with Crippen LogP contribution in [0.1, 0.15) is 5.56 Å². The van der Waals surface area contributed by atoms with Gasteiger partial charge in [0.05, 0.1) is 9.92 Å². The van der Waals surface area contributed by atoms with Crippen LogP contribution in [0.5, 0.6) is 11.5 Å². The van der Waals surface area contributed by atoms with E-state index in [9.17, 15) is 13.2 Å². The lowest BCUT2D eigenvalue weighted by molar-refractivity contribution is -0.127. The highest BCUT2D eigenvalue weighted by Gasteiger charge is 2.29. The van der Waals surface area contributed by atoms with Crippen molar-refractivity contribution in [3.05, 3.63) is 71.3 Å². The fourth-order valence-corrected chi connectivity index (χ4v) is 5.71. The fourth-order valence-electron chi connectivity index (χ4n) is 3.98. The highest BCUT2D eigenvalue weighted by molar-refractivity contribution is 7.89. The zero-order chi connectivity index (χ0) is 23.0. The molecular weight excluding hydrogens is 464 g/mol. The number of carbonyl (C=O) groups excluding carboxylic acids is 1. The summed E-state index contributed by atoms with van der Waals surface area (Å²) in [5.41, 5.74) is 0.718. The molecule has 7 nitrogen and oxygen atoms in total.